The van der Waals surface area contributed by atoms with Crippen LogP contribution in [0.3, 0.4) is 0 Å². The number of hydrogen-bond donors (Lipinski definition) is 1. The third-order valence-corrected chi connectivity index (χ3v) is 3.12. The number of methoxy groups -OCH3 is 1. The molecule has 0 radical (unpaired) electrons. The van der Waals surface area contributed by atoms with E-state index < -0.39 is 11.9 Å². The van der Waals surface area contributed by atoms with Crippen LogP contribution in [0.2, 0.25) is 0 Å². The highest BCUT2D eigenvalue weighted by Crippen LogP contribution is 2.25. The lowest BCUT2D eigenvalue weighted by molar-refractivity contribution is -0.118. The van der Waals surface area contributed by atoms with E-state index in [0.29, 0.717) is 11.5 Å². The molecule has 0 aliphatic heterocycles. The van der Waals surface area contributed by atoms with Crippen LogP contribution in [-0.4, -0.2) is 42.0 Å². The number of rotatable bonds is 7. The Morgan fingerprint density at radius 2 is 1.96 bits per heavy atom. The van der Waals surface area contributed by atoms with Crippen LogP contribution in [0.25, 0.3) is 0 Å². The average molecular weight is 333 g/mol. The summed E-state index contributed by atoms with van der Waals surface area (Å²) in [5, 5.41) is 6.56. The zero-order valence-electron chi connectivity index (χ0n) is 13.7. The molecule has 8 heteroatoms. The van der Waals surface area contributed by atoms with Crippen molar-refractivity contribution in [1.29, 1.82) is 0 Å². The third kappa shape index (κ3) is 4.03. The van der Waals surface area contributed by atoms with E-state index >= 15 is 0 Å². The number of nitrogens with one attached hydrogen (secondary N) is 1. The lowest BCUT2D eigenvalue weighted by atomic mass is 10.3. The maximum atomic E-state index is 12.1. The number of amides is 1. The third-order valence-electron chi connectivity index (χ3n) is 3.12. The number of aromatic nitrogens is 2. The molecular weight excluding hydrogens is 314 g/mol. The summed E-state index contributed by atoms with van der Waals surface area (Å²) >= 11 is 0. The predicted molar refractivity (Wildman–Crippen MR) is 86.3 cm³/mol. The number of benzene rings is 1. The van der Waals surface area contributed by atoms with Gasteiger partial charge in [-0.05, 0) is 19.1 Å². The summed E-state index contributed by atoms with van der Waals surface area (Å²) in [6.07, 6.45) is 1.34. The van der Waals surface area contributed by atoms with Gasteiger partial charge in [0.15, 0.2) is 18.1 Å². The molecule has 0 aliphatic rings. The molecule has 0 saturated carbocycles. The zero-order chi connectivity index (χ0) is 17.5. The number of carbonyl (C=O) groups excluding carboxylic acids is 2. The molecule has 0 spiro atoms. The summed E-state index contributed by atoms with van der Waals surface area (Å²) in [5.74, 6) is 0.243. The van der Waals surface area contributed by atoms with Gasteiger partial charge in [0.25, 0.3) is 5.91 Å². The van der Waals surface area contributed by atoms with Gasteiger partial charge in [0, 0.05) is 7.05 Å². The van der Waals surface area contributed by atoms with Crippen molar-refractivity contribution in [1.82, 2.24) is 9.78 Å². The molecule has 1 heterocycles. The summed E-state index contributed by atoms with van der Waals surface area (Å²) in [6, 6.07) is 7.00. The van der Waals surface area contributed by atoms with Crippen LogP contribution in [0, 0.1) is 0 Å². The molecule has 2 aromatic rings. The Morgan fingerprint density at radius 1 is 1.25 bits per heavy atom. The van der Waals surface area contributed by atoms with Gasteiger partial charge in [-0.2, -0.15) is 5.10 Å². The average Bonchev–Trinajstić information content (AvgIpc) is 2.94. The largest absolute Gasteiger partial charge is 0.493 e. The van der Waals surface area contributed by atoms with E-state index in [9.17, 15) is 9.59 Å². The van der Waals surface area contributed by atoms with Crippen LogP contribution in [0.5, 0.6) is 11.5 Å². The second-order valence-electron chi connectivity index (χ2n) is 4.74. The van der Waals surface area contributed by atoms with Crippen molar-refractivity contribution in [2.75, 3.05) is 25.6 Å². The lowest BCUT2D eigenvalue weighted by Gasteiger charge is -2.11. The van der Waals surface area contributed by atoms with Gasteiger partial charge >= 0.3 is 5.97 Å². The number of aryl methyl sites for hydroxylation is 1. The molecule has 1 amide bonds. The molecule has 0 atom stereocenters. The van der Waals surface area contributed by atoms with Gasteiger partial charge < -0.3 is 19.5 Å². The highest BCUT2D eigenvalue weighted by atomic mass is 16.5. The number of ether oxygens (including phenoxy) is 3. The molecule has 24 heavy (non-hydrogen) atoms. The molecular formula is C16H19N3O5. The van der Waals surface area contributed by atoms with Crippen LogP contribution in [-0.2, 0) is 16.6 Å². The number of carbonyl (C=O) groups is 2. The van der Waals surface area contributed by atoms with E-state index in [0.717, 1.165) is 0 Å². The fourth-order valence-electron chi connectivity index (χ4n) is 1.99. The Balaban J connectivity index is 2.03. The first kappa shape index (κ1) is 17.3. The molecule has 1 aromatic carbocycles. The summed E-state index contributed by atoms with van der Waals surface area (Å²) in [6.45, 7) is 1.69. The number of hydrogen-bond acceptors (Lipinski definition) is 6. The second-order valence-corrected chi connectivity index (χ2v) is 4.74. The Morgan fingerprint density at radius 3 is 2.62 bits per heavy atom. The van der Waals surface area contributed by atoms with Crippen molar-refractivity contribution in [3.63, 3.8) is 0 Å². The minimum Gasteiger partial charge on any atom is -0.493 e. The maximum absolute atomic E-state index is 12.1. The van der Waals surface area contributed by atoms with Gasteiger partial charge in [-0.3, -0.25) is 9.48 Å². The molecule has 0 bridgehead atoms. The standard InChI is InChI=1S/C16H19N3O5/c1-4-23-16(21)11-9-17-19(2)15(11)18-14(20)10-24-13-8-6-5-7-12(13)22-3/h5-9H,4,10H2,1-3H3,(H,18,20). The monoisotopic (exact) mass is 333 g/mol. The Kier molecular flexibility index (Phi) is 5.78. The van der Waals surface area contributed by atoms with Crippen LogP contribution >= 0.6 is 0 Å². The quantitative estimate of drug-likeness (QED) is 0.774. The van der Waals surface area contributed by atoms with Crippen LogP contribution in [0.4, 0.5) is 5.82 Å². The van der Waals surface area contributed by atoms with E-state index in [4.69, 9.17) is 14.2 Å². The minimum absolute atomic E-state index is 0.185. The van der Waals surface area contributed by atoms with E-state index in [-0.39, 0.29) is 24.6 Å². The first-order chi connectivity index (χ1) is 11.6. The van der Waals surface area contributed by atoms with E-state index in [1.165, 1.54) is 18.0 Å². The molecule has 1 aromatic heterocycles. The maximum Gasteiger partial charge on any atom is 0.343 e. The topological polar surface area (TPSA) is 91.7 Å². The summed E-state index contributed by atoms with van der Waals surface area (Å²) in [5.41, 5.74) is 0.185. The number of nitrogens with zero attached hydrogens (tertiary/aromatic N) is 2. The van der Waals surface area contributed by atoms with Gasteiger partial charge in [-0.1, -0.05) is 12.1 Å². The van der Waals surface area contributed by atoms with Gasteiger partial charge in [0.2, 0.25) is 0 Å². The minimum atomic E-state index is -0.549. The number of para-hydroxylation sites is 2. The van der Waals surface area contributed by atoms with E-state index in [2.05, 4.69) is 10.4 Å². The molecule has 1 N–H and O–H groups in total. The molecule has 0 unspecified atom stereocenters. The van der Waals surface area contributed by atoms with Crippen LogP contribution < -0.4 is 14.8 Å². The molecule has 128 valence electrons. The lowest BCUT2D eigenvalue weighted by Crippen LogP contribution is -2.23. The van der Waals surface area contributed by atoms with Gasteiger partial charge in [-0.15, -0.1) is 0 Å². The zero-order valence-corrected chi connectivity index (χ0v) is 13.7. The Hall–Kier alpha value is -3.03. The van der Waals surface area contributed by atoms with Crippen molar-refractivity contribution in [3.8, 4) is 11.5 Å². The highest BCUT2D eigenvalue weighted by Gasteiger charge is 2.19. The van der Waals surface area contributed by atoms with Crippen molar-refractivity contribution >= 4 is 17.7 Å². The van der Waals surface area contributed by atoms with Gasteiger partial charge in [0.05, 0.1) is 19.9 Å². The molecule has 2 rings (SSSR count). The fourth-order valence-corrected chi connectivity index (χ4v) is 1.99. The number of anilines is 1. The van der Waals surface area contributed by atoms with Gasteiger partial charge in [0.1, 0.15) is 11.4 Å². The molecule has 0 aliphatic carbocycles. The van der Waals surface area contributed by atoms with E-state index in [1.54, 1.807) is 38.2 Å². The molecule has 0 saturated heterocycles. The van der Waals surface area contributed by atoms with E-state index in [1.807, 2.05) is 0 Å². The first-order valence-corrected chi connectivity index (χ1v) is 7.31. The SMILES string of the molecule is CCOC(=O)c1cnn(C)c1NC(=O)COc1ccccc1OC. The fraction of sp³-hybridized carbons (Fsp3) is 0.312. The normalized spacial score (nSPS) is 10.1. The summed E-state index contributed by atoms with van der Waals surface area (Å²) in [7, 11) is 3.13. The number of esters is 1. The highest BCUT2D eigenvalue weighted by molar-refractivity contribution is 6.00. The van der Waals surface area contributed by atoms with Crippen molar-refractivity contribution in [2.45, 2.75) is 6.92 Å². The van der Waals surface area contributed by atoms with Crippen molar-refractivity contribution < 1.29 is 23.8 Å². The van der Waals surface area contributed by atoms with Crippen LogP contribution in [0.15, 0.2) is 30.5 Å². The molecule has 8 nitrogen and oxygen atoms in total. The first-order valence-electron chi connectivity index (χ1n) is 7.31. The predicted octanol–water partition coefficient (Wildman–Crippen LogP) is 1.62. The van der Waals surface area contributed by atoms with Crippen LogP contribution in [0.1, 0.15) is 17.3 Å². The van der Waals surface area contributed by atoms with Crippen molar-refractivity contribution in [3.05, 3.63) is 36.0 Å². The van der Waals surface area contributed by atoms with Crippen molar-refractivity contribution in [2.24, 2.45) is 7.05 Å². The smallest absolute Gasteiger partial charge is 0.343 e. The Bertz CT molecular complexity index is 726. The summed E-state index contributed by atoms with van der Waals surface area (Å²) in [4.78, 5) is 23.9. The Labute approximate surface area is 139 Å². The van der Waals surface area contributed by atoms with Gasteiger partial charge in [-0.25, -0.2) is 4.79 Å². The molecule has 0 fully saturated rings. The second kappa shape index (κ2) is 8.00. The summed E-state index contributed by atoms with van der Waals surface area (Å²) < 4.78 is 16.9.